The summed E-state index contributed by atoms with van der Waals surface area (Å²) in [6.45, 7) is 2.30. The number of rotatable bonds is 9. The van der Waals surface area contributed by atoms with E-state index in [0.717, 1.165) is 182 Å². The Labute approximate surface area is 569 Å². The summed E-state index contributed by atoms with van der Waals surface area (Å²) in [6, 6.07) is 102. The van der Waals surface area contributed by atoms with Crippen LogP contribution in [0, 0.1) is 5.92 Å². The van der Waals surface area contributed by atoms with Crippen LogP contribution in [0.4, 0.5) is 0 Å². The second-order valence-electron chi connectivity index (χ2n) is 26.3. The Morgan fingerprint density at radius 2 is 0.727 bits per heavy atom. The largest absolute Gasteiger partial charge is 0.455 e. The zero-order valence-corrected chi connectivity index (χ0v) is 53.9. The van der Waals surface area contributed by atoms with E-state index in [9.17, 15) is 0 Å². The van der Waals surface area contributed by atoms with Gasteiger partial charge in [0.25, 0.3) is 0 Å². The molecule has 15 aromatic carbocycles. The Bertz CT molecular complexity index is 6620. The van der Waals surface area contributed by atoms with Gasteiger partial charge in [-0.3, -0.25) is 9.97 Å². The number of hydrogen-bond donors (Lipinski definition) is 0. The van der Waals surface area contributed by atoms with Crippen LogP contribution in [-0.2, 0) is 0 Å². The molecule has 4 aromatic heterocycles. The molecule has 0 saturated carbocycles. The van der Waals surface area contributed by atoms with Gasteiger partial charge in [0.05, 0.1) is 45.8 Å². The van der Waals surface area contributed by atoms with Gasteiger partial charge in [0, 0.05) is 71.3 Å². The van der Waals surface area contributed by atoms with Gasteiger partial charge in [0.1, 0.15) is 22.3 Å². The summed E-state index contributed by atoms with van der Waals surface area (Å²) >= 11 is 0. The lowest BCUT2D eigenvalue weighted by Gasteiger charge is -2.22. The molecule has 6 nitrogen and oxygen atoms in total. The molecular formula is C93H58N4O2. The molecule has 0 saturated heterocycles. The monoisotopic (exact) mass is 1260 g/mol. The van der Waals surface area contributed by atoms with Crippen LogP contribution in [0.1, 0.15) is 18.4 Å². The predicted molar refractivity (Wildman–Crippen MR) is 411 cm³/mol. The summed E-state index contributed by atoms with van der Waals surface area (Å²) < 4.78 is 13.6. The molecule has 462 valence electrons. The normalized spacial score (nSPS) is 14.0. The highest BCUT2D eigenvalue weighted by Crippen LogP contribution is 2.46. The minimum Gasteiger partial charge on any atom is -0.455 e. The first-order chi connectivity index (χ1) is 49.0. The summed E-state index contributed by atoms with van der Waals surface area (Å²) in [5.74, 6) is 0.673. The van der Waals surface area contributed by atoms with E-state index in [0.29, 0.717) is 5.92 Å². The minimum atomic E-state index is 0.285. The van der Waals surface area contributed by atoms with E-state index in [-0.39, 0.29) is 5.92 Å². The van der Waals surface area contributed by atoms with E-state index >= 15 is 0 Å². The Morgan fingerprint density at radius 1 is 0.263 bits per heavy atom. The van der Waals surface area contributed by atoms with Crippen LogP contribution in [0.25, 0.3) is 198 Å². The fourth-order valence-electron chi connectivity index (χ4n) is 15.8. The number of para-hydroxylation sites is 3. The third kappa shape index (κ3) is 9.25. The van der Waals surface area contributed by atoms with Crippen LogP contribution in [0.5, 0.6) is 0 Å². The van der Waals surface area contributed by atoms with Gasteiger partial charge in [0.2, 0.25) is 0 Å². The van der Waals surface area contributed by atoms with E-state index in [4.69, 9.17) is 28.8 Å². The van der Waals surface area contributed by atoms with Crippen molar-refractivity contribution < 1.29 is 8.83 Å². The fraction of sp³-hybridized carbons (Fsp3) is 0.0323. The van der Waals surface area contributed by atoms with Crippen molar-refractivity contribution in [1.29, 1.82) is 0 Å². The predicted octanol–water partition coefficient (Wildman–Crippen LogP) is 25.2. The summed E-state index contributed by atoms with van der Waals surface area (Å²) in [6.07, 6.45) is 12.8. The molecule has 99 heavy (non-hydrogen) atoms. The third-order valence-electron chi connectivity index (χ3n) is 20.7. The van der Waals surface area contributed by atoms with Gasteiger partial charge in [-0.15, -0.1) is 0 Å². The molecule has 4 heterocycles. The first-order valence-electron chi connectivity index (χ1n) is 33.9. The number of nitrogens with zero attached hydrogens (tertiary/aromatic N) is 4. The molecule has 0 fully saturated rings. The van der Waals surface area contributed by atoms with E-state index in [2.05, 4.69) is 304 Å². The molecule has 0 N–H and O–H groups in total. The summed E-state index contributed by atoms with van der Waals surface area (Å²) in [7, 11) is 0. The first-order valence-corrected chi connectivity index (χ1v) is 33.9. The Morgan fingerprint density at radius 3 is 1.46 bits per heavy atom. The van der Waals surface area contributed by atoms with Crippen molar-refractivity contribution in [2.75, 3.05) is 0 Å². The number of benzene rings is 15. The first kappa shape index (κ1) is 56.4. The maximum absolute atomic E-state index is 7.13. The quantitative estimate of drug-likeness (QED) is 0.134. The van der Waals surface area contributed by atoms with E-state index in [1.807, 2.05) is 24.5 Å². The average molecular weight is 1260 g/mol. The van der Waals surface area contributed by atoms with Crippen molar-refractivity contribution in [2.24, 2.45) is 5.92 Å². The average Bonchev–Trinajstić information content (AvgIpc) is 1.33. The molecule has 0 radical (unpaired) electrons. The van der Waals surface area contributed by atoms with E-state index in [1.165, 1.54) is 22.1 Å². The molecule has 0 bridgehead atoms. The summed E-state index contributed by atoms with van der Waals surface area (Å²) in [5, 5.41) is 13.1. The van der Waals surface area contributed by atoms with Crippen molar-refractivity contribution >= 4 is 109 Å². The smallest absolute Gasteiger partial charge is 0.143 e. The molecule has 2 atom stereocenters. The van der Waals surface area contributed by atoms with Gasteiger partial charge >= 0.3 is 0 Å². The highest BCUT2D eigenvalue weighted by atomic mass is 16.3. The number of furan rings is 2. The van der Waals surface area contributed by atoms with E-state index in [1.54, 1.807) is 0 Å². The number of allylic oxidation sites excluding steroid dienone is 4. The van der Waals surface area contributed by atoms with Crippen LogP contribution < -0.4 is 0 Å². The molecule has 6 heteroatoms. The highest BCUT2D eigenvalue weighted by Gasteiger charge is 2.24. The molecule has 0 spiro atoms. The third-order valence-corrected chi connectivity index (χ3v) is 20.7. The zero-order chi connectivity index (χ0) is 65.2. The van der Waals surface area contributed by atoms with Crippen molar-refractivity contribution in [3.8, 4) is 89.3 Å². The second kappa shape index (κ2) is 22.6. The summed E-state index contributed by atoms with van der Waals surface area (Å²) in [4.78, 5) is 21.9. The molecule has 1 aliphatic rings. The molecule has 0 aliphatic heterocycles. The maximum atomic E-state index is 7.13. The zero-order valence-electron chi connectivity index (χ0n) is 53.9. The van der Waals surface area contributed by atoms with Crippen LogP contribution in [-0.4, -0.2) is 19.9 Å². The molecule has 0 amide bonds. The van der Waals surface area contributed by atoms with Crippen molar-refractivity contribution in [3.63, 3.8) is 0 Å². The number of fused-ring (bicyclic) bond motifs is 18. The van der Waals surface area contributed by atoms with Crippen LogP contribution in [0.2, 0.25) is 0 Å². The fourth-order valence-corrected chi connectivity index (χ4v) is 15.8. The van der Waals surface area contributed by atoms with Crippen LogP contribution in [0.3, 0.4) is 0 Å². The second-order valence-corrected chi connectivity index (χ2v) is 26.3. The lowest BCUT2D eigenvalue weighted by Crippen LogP contribution is -2.07. The Balaban J connectivity index is 0.675. The van der Waals surface area contributed by atoms with Gasteiger partial charge < -0.3 is 8.83 Å². The Hall–Kier alpha value is -12.9. The molecule has 1 aliphatic carbocycles. The molecule has 2 unspecified atom stereocenters. The number of aromatic nitrogens is 4. The lowest BCUT2D eigenvalue weighted by molar-refractivity contribution is 0.636. The molecule has 20 rings (SSSR count). The van der Waals surface area contributed by atoms with Crippen molar-refractivity contribution in [1.82, 2.24) is 19.9 Å². The lowest BCUT2D eigenvalue weighted by atomic mass is 9.83. The van der Waals surface area contributed by atoms with Crippen molar-refractivity contribution in [3.05, 3.63) is 327 Å². The molecule has 19 aromatic rings. The van der Waals surface area contributed by atoms with Gasteiger partial charge in [-0.25, -0.2) is 9.97 Å². The van der Waals surface area contributed by atoms with Crippen LogP contribution >= 0.6 is 0 Å². The highest BCUT2D eigenvalue weighted by molar-refractivity contribution is 6.26. The maximum Gasteiger partial charge on any atom is 0.143 e. The molecular weight excluding hydrogens is 1210 g/mol. The van der Waals surface area contributed by atoms with Gasteiger partial charge in [-0.05, 0) is 131 Å². The minimum absolute atomic E-state index is 0.285. The topological polar surface area (TPSA) is 77.8 Å². The standard InChI is InChI=1S/C93H58N4O2/c1-55-18-8-9-23-65(55)62-42-47-75-81(50-62)80-48-60(56-19-4-2-5-20-56)39-46-76(80)90-88(75)95-54-85(97-90)72-27-13-12-26-69(72)77-30-17-32-79-74-45-41-64(52-87(74)99-93(77)79)67-25-11-10-24-66(67)63-40-44-70-71-43-38-61(57-21-6-3-7-22-57)49-83(71)91-89(82(70)51-63)94-53-84(96-91)59-36-34-58(35-37-59)68-29-16-31-78-73-28-14-15-33-86(73)98-92(68)78/h2-55,65H,1H3. The van der Waals surface area contributed by atoms with E-state index < -0.39 is 0 Å². The van der Waals surface area contributed by atoms with Gasteiger partial charge in [-0.2, -0.15) is 0 Å². The summed E-state index contributed by atoms with van der Waals surface area (Å²) in [5.41, 5.74) is 24.8. The Kier molecular flexibility index (Phi) is 12.9. The van der Waals surface area contributed by atoms with Crippen LogP contribution in [0.15, 0.2) is 331 Å². The number of hydrogen-bond acceptors (Lipinski definition) is 6. The van der Waals surface area contributed by atoms with Crippen molar-refractivity contribution in [2.45, 2.75) is 12.8 Å². The van der Waals surface area contributed by atoms with Gasteiger partial charge in [0.15, 0.2) is 0 Å². The SMILES string of the molecule is CC1C=CC=CC1c1ccc2c(c1)c1cc(-c3ccccc3)ccc1c1nc(-c3ccccc3-c3cccc4c3oc3cc(-c5ccccc5-c5ccc6c7ccc(-c8ccccc8)cc7c7nc(-c8ccc(-c9cccc%10c9oc9ccccc9%10)cc8)cnc7c6c5)ccc34)cnc21. The van der Waals surface area contributed by atoms with Gasteiger partial charge in [-0.1, -0.05) is 274 Å².